The van der Waals surface area contributed by atoms with Crippen molar-refractivity contribution < 1.29 is 28.9 Å². The number of methoxy groups -OCH3 is 1. The number of ether oxygens (including phenoxy) is 3. The summed E-state index contributed by atoms with van der Waals surface area (Å²) >= 11 is 0. The van der Waals surface area contributed by atoms with Crippen LogP contribution in [0.5, 0.6) is 17.2 Å². The normalized spacial score (nSPS) is 16.7. The molecule has 1 unspecified atom stereocenters. The zero-order valence-electron chi connectivity index (χ0n) is 22.1. The summed E-state index contributed by atoms with van der Waals surface area (Å²) in [6.45, 7) is 7.30. The second kappa shape index (κ2) is 11.9. The average molecular weight is 516 g/mol. The van der Waals surface area contributed by atoms with E-state index < -0.39 is 17.7 Å². The summed E-state index contributed by atoms with van der Waals surface area (Å²) in [5.74, 6) is 0.628. The number of hydrogen-bond donors (Lipinski definition) is 1. The minimum atomic E-state index is -0.833. The monoisotopic (exact) mass is 515 g/mol. The average Bonchev–Trinajstić information content (AvgIpc) is 3.20. The van der Waals surface area contributed by atoms with E-state index in [4.69, 9.17) is 14.2 Å². The Bertz CT molecular complexity index is 1290. The molecule has 198 valence electrons. The maximum atomic E-state index is 13.4. The van der Waals surface area contributed by atoms with E-state index in [1.807, 2.05) is 19.1 Å². The summed E-state index contributed by atoms with van der Waals surface area (Å²) in [5, 5.41) is 11.4. The van der Waals surface area contributed by atoms with Gasteiger partial charge in [0.05, 0.1) is 31.9 Å². The fourth-order valence-corrected chi connectivity index (χ4v) is 4.25. The third kappa shape index (κ3) is 5.67. The molecule has 3 aromatic rings. The molecule has 0 bridgehead atoms. The topological polar surface area (TPSA) is 85.3 Å². The number of carbonyl (C=O) groups is 2. The highest BCUT2D eigenvalue weighted by molar-refractivity contribution is 6.51. The molecule has 0 aliphatic carbocycles. The molecule has 4 rings (SSSR count). The Morgan fingerprint density at radius 1 is 0.868 bits per heavy atom. The van der Waals surface area contributed by atoms with E-state index >= 15 is 0 Å². The van der Waals surface area contributed by atoms with Crippen molar-refractivity contribution in [3.05, 3.63) is 89.5 Å². The second-order valence-corrected chi connectivity index (χ2v) is 9.51. The van der Waals surface area contributed by atoms with Crippen molar-refractivity contribution in [3.63, 3.8) is 0 Å². The molecule has 1 N–H and O–H groups in total. The van der Waals surface area contributed by atoms with Gasteiger partial charge in [-0.25, -0.2) is 0 Å². The standard InChI is InChI=1S/C31H33NO6/c1-5-18-37-25-12-6-21(7-13-25)28-27(29(33)22-8-14-26(15-9-22)38-19-20(2)3)30(34)31(35)32(28)23-10-16-24(36-4)17-11-23/h6-17,20,28,33H,5,18-19H2,1-4H3/b29-27+. The zero-order chi connectivity index (χ0) is 27.2. The van der Waals surface area contributed by atoms with Gasteiger partial charge in [-0.05, 0) is 78.6 Å². The molecule has 0 aromatic heterocycles. The summed E-state index contributed by atoms with van der Waals surface area (Å²) in [4.78, 5) is 28.1. The van der Waals surface area contributed by atoms with Crippen molar-refractivity contribution in [2.24, 2.45) is 5.92 Å². The van der Waals surface area contributed by atoms with Gasteiger partial charge in [-0.3, -0.25) is 14.5 Å². The van der Waals surface area contributed by atoms with Gasteiger partial charge in [0.25, 0.3) is 11.7 Å². The first-order chi connectivity index (χ1) is 18.3. The van der Waals surface area contributed by atoms with Crippen LogP contribution in [0, 0.1) is 5.92 Å². The van der Waals surface area contributed by atoms with E-state index in [1.54, 1.807) is 67.8 Å². The molecular weight excluding hydrogens is 482 g/mol. The van der Waals surface area contributed by atoms with Crippen LogP contribution in [-0.2, 0) is 9.59 Å². The predicted octanol–water partition coefficient (Wildman–Crippen LogP) is 6.15. The Morgan fingerprint density at radius 3 is 2.03 bits per heavy atom. The lowest BCUT2D eigenvalue weighted by Gasteiger charge is -2.25. The Morgan fingerprint density at radius 2 is 1.45 bits per heavy atom. The fraction of sp³-hybridized carbons (Fsp3) is 0.290. The van der Waals surface area contributed by atoms with Gasteiger partial charge in [0.1, 0.15) is 23.0 Å². The Labute approximate surface area is 223 Å². The van der Waals surface area contributed by atoms with Crippen LogP contribution in [0.3, 0.4) is 0 Å². The van der Waals surface area contributed by atoms with E-state index in [0.29, 0.717) is 53.2 Å². The van der Waals surface area contributed by atoms with Crippen molar-refractivity contribution in [1.29, 1.82) is 0 Å². The van der Waals surface area contributed by atoms with Gasteiger partial charge in [0.2, 0.25) is 0 Å². The van der Waals surface area contributed by atoms with Crippen LogP contribution in [0.15, 0.2) is 78.4 Å². The van der Waals surface area contributed by atoms with Crippen LogP contribution >= 0.6 is 0 Å². The van der Waals surface area contributed by atoms with E-state index in [2.05, 4.69) is 13.8 Å². The molecule has 0 spiro atoms. The number of Topliss-reactive ketones (excluding diaryl/α,β-unsaturated/α-hetero) is 1. The summed E-state index contributed by atoms with van der Waals surface area (Å²) in [6.07, 6.45) is 0.876. The molecule has 7 nitrogen and oxygen atoms in total. The van der Waals surface area contributed by atoms with Crippen molar-refractivity contribution >= 4 is 23.1 Å². The molecule has 1 aliphatic rings. The first-order valence-electron chi connectivity index (χ1n) is 12.7. The molecule has 1 saturated heterocycles. The van der Waals surface area contributed by atoms with E-state index in [0.717, 1.165) is 6.42 Å². The summed E-state index contributed by atoms with van der Waals surface area (Å²) in [7, 11) is 1.56. The number of amides is 1. The highest BCUT2D eigenvalue weighted by Gasteiger charge is 2.47. The SMILES string of the molecule is CCCOc1ccc(C2/C(=C(\O)c3ccc(OCC(C)C)cc3)C(=O)C(=O)N2c2ccc(OC)cc2)cc1. The minimum Gasteiger partial charge on any atom is -0.507 e. The number of aliphatic hydroxyl groups excluding tert-OH is 1. The first-order valence-corrected chi connectivity index (χ1v) is 12.7. The predicted molar refractivity (Wildman–Crippen MR) is 147 cm³/mol. The van der Waals surface area contributed by atoms with Gasteiger partial charge in [-0.15, -0.1) is 0 Å². The number of aliphatic hydroxyl groups is 1. The smallest absolute Gasteiger partial charge is 0.300 e. The molecule has 0 radical (unpaired) electrons. The molecule has 1 heterocycles. The number of anilines is 1. The first kappa shape index (κ1) is 26.8. The van der Waals surface area contributed by atoms with Crippen LogP contribution in [0.1, 0.15) is 44.4 Å². The van der Waals surface area contributed by atoms with Gasteiger partial charge in [-0.1, -0.05) is 32.9 Å². The summed E-state index contributed by atoms with van der Waals surface area (Å²) < 4.78 is 16.7. The highest BCUT2D eigenvalue weighted by Crippen LogP contribution is 2.43. The van der Waals surface area contributed by atoms with Crippen LogP contribution in [-0.4, -0.2) is 37.1 Å². The number of rotatable bonds is 10. The largest absolute Gasteiger partial charge is 0.507 e. The number of hydrogen-bond acceptors (Lipinski definition) is 6. The number of carbonyl (C=O) groups excluding carboxylic acids is 2. The third-order valence-corrected chi connectivity index (χ3v) is 6.17. The van der Waals surface area contributed by atoms with E-state index in [-0.39, 0.29) is 11.3 Å². The van der Waals surface area contributed by atoms with E-state index in [1.165, 1.54) is 4.90 Å². The molecule has 0 saturated carbocycles. The van der Waals surface area contributed by atoms with Crippen LogP contribution < -0.4 is 19.1 Å². The highest BCUT2D eigenvalue weighted by atomic mass is 16.5. The van der Waals surface area contributed by atoms with Gasteiger partial charge in [-0.2, -0.15) is 0 Å². The Kier molecular flexibility index (Phi) is 8.36. The lowest BCUT2D eigenvalue weighted by atomic mass is 9.95. The van der Waals surface area contributed by atoms with Crippen molar-refractivity contribution in [2.45, 2.75) is 33.2 Å². The zero-order valence-corrected chi connectivity index (χ0v) is 22.1. The van der Waals surface area contributed by atoms with Gasteiger partial charge >= 0.3 is 0 Å². The Hall–Kier alpha value is -4.26. The minimum absolute atomic E-state index is 0.0175. The molecule has 3 aromatic carbocycles. The van der Waals surface area contributed by atoms with Gasteiger partial charge in [0, 0.05) is 11.3 Å². The van der Waals surface area contributed by atoms with Crippen LogP contribution in [0.25, 0.3) is 5.76 Å². The lowest BCUT2D eigenvalue weighted by Crippen LogP contribution is -2.29. The van der Waals surface area contributed by atoms with Gasteiger partial charge in [0.15, 0.2) is 0 Å². The molecule has 7 heteroatoms. The van der Waals surface area contributed by atoms with Crippen molar-refractivity contribution in [3.8, 4) is 17.2 Å². The number of benzene rings is 3. The molecule has 38 heavy (non-hydrogen) atoms. The van der Waals surface area contributed by atoms with Crippen molar-refractivity contribution in [2.75, 3.05) is 25.2 Å². The summed E-state index contributed by atoms with van der Waals surface area (Å²) in [5.41, 5.74) is 1.62. The number of ketones is 1. The van der Waals surface area contributed by atoms with Crippen molar-refractivity contribution in [1.82, 2.24) is 0 Å². The third-order valence-electron chi connectivity index (χ3n) is 6.17. The molecule has 1 aliphatic heterocycles. The molecule has 1 atom stereocenters. The molecular formula is C31H33NO6. The second-order valence-electron chi connectivity index (χ2n) is 9.51. The maximum absolute atomic E-state index is 13.4. The Balaban J connectivity index is 1.78. The van der Waals surface area contributed by atoms with Crippen LogP contribution in [0.2, 0.25) is 0 Å². The fourth-order valence-electron chi connectivity index (χ4n) is 4.25. The number of nitrogens with zero attached hydrogens (tertiary/aromatic N) is 1. The lowest BCUT2D eigenvalue weighted by molar-refractivity contribution is -0.132. The van der Waals surface area contributed by atoms with Gasteiger partial charge < -0.3 is 19.3 Å². The van der Waals surface area contributed by atoms with Crippen LogP contribution in [0.4, 0.5) is 5.69 Å². The quantitative estimate of drug-likeness (QED) is 0.198. The molecule has 1 amide bonds. The molecule has 1 fully saturated rings. The summed E-state index contributed by atoms with van der Waals surface area (Å²) in [6, 6.07) is 20.1. The maximum Gasteiger partial charge on any atom is 0.300 e. The van der Waals surface area contributed by atoms with E-state index in [9.17, 15) is 14.7 Å².